The predicted octanol–water partition coefficient (Wildman–Crippen LogP) is 1.84. The first-order chi connectivity index (χ1) is 9.40. The molecule has 1 aromatic carbocycles. The maximum Gasteiger partial charge on any atom is 0.269 e. The van der Waals surface area contributed by atoms with E-state index in [0.717, 1.165) is 24.3 Å². The van der Waals surface area contributed by atoms with E-state index in [1.165, 1.54) is 12.4 Å². The van der Waals surface area contributed by atoms with E-state index in [4.69, 9.17) is 11.6 Å². The topological polar surface area (TPSA) is 115 Å². The van der Waals surface area contributed by atoms with Crippen LogP contribution in [0, 0.1) is 10.1 Å². The molecule has 0 atom stereocenters. The molecule has 0 amide bonds. The fraction of sp³-hybridized carbons (Fsp3) is 0. The lowest BCUT2D eigenvalue weighted by Gasteiger charge is -2.07. The molecule has 20 heavy (non-hydrogen) atoms. The SMILES string of the molecule is O=[N+]([O-])c1ccc(S(=O)(=O)Nc2nccnc2Cl)cc1. The molecule has 8 nitrogen and oxygen atoms in total. The number of non-ortho nitro benzene ring substituents is 1. The van der Waals surface area contributed by atoms with Crippen LogP contribution in [0.5, 0.6) is 0 Å². The molecular formula is C10H7ClN4O4S. The molecule has 0 spiro atoms. The summed E-state index contributed by atoms with van der Waals surface area (Å²) >= 11 is 5.69. The smallest absolute Gasteiger partial charge is 0.261 e. The Morgan fingerprint density at radius 2 is 1.75 bits per heavy atom. The van der Waals surface area contributed by atoms with Crippen molar-refractivity contribution < 1.29 is 13.3 Å². The first-order valence-electron chi connectivity index (χ1n) is 5.14. The van der Waals surface area contributed by atoms with E-state index in [0.29, 0.717) is 0 Å². The van der Waals surface area contributed by atoms with E-state index < -0.39 is 14.9 Å². The number of aromatic nitrogens is 2. The van der Waals surface area contributed by atoms with Crippen LogP contribution < -0.4 is 4.72 Å². The van der Waals surface area contributed by atoms with Crippen LogP contribution in [0.1, 0.15) is 0 Å². The molecule has 0 saturated heterocycles. The van der Waals surface area contributed by atoms with Gasteiger partial charge in [-0.1, -0.05) is 11.6 Å². The maximum atomic E-state index is 12.0. The van der Waals surface area contributed by atoms with Crippen molar-refractivity contribution in [2.45, 2.75) is 4.90 Å². The molecule has 104 valence electrons. The van der Waals surface area contributed by atoms with Gasteiger partial charge in [-0.2, -0.15) is 0 Å². The van der Waals surface area contributed by atoms with Crippen molar-refractivity contribution >= 4 is 33.1 Å². The Kier molecular flexibility index (Phi) is 3.81. The Bertz CT molecular complexity index is 748. The quantitative estimate of drug-likeness (QED) is 0.680. The summed E-state index contributed by atoms with van der Waals surface area (Å²) < 4.78 is 26.2. The largest absolute Gasteiger partial charge is 0.269 e. The predicted molar refractivity (Wildman–Crippen MR) is 70.9 cm³/mol. The number of rotatable bonds is 4. The number of sulfonamides is 1. The fourth-order valence-electron chi connectivity index (χ4n) is 1.32. The molecule has 1 heterocycles. The van der Waals surface area contributed by atoms with Gasteiger partial charge in [0.15, 0.2) is 11.0 Å². The number of anilines is 1. The van der Waals surface area contributed by atoms with Crippen LogP contribution in [0.25, 0.3) is 0 Å². The fourth-order valence-corrected chi connectivity index (χ4v) is 2.55. The zero-order valence-corrected chi connectivity index (χ0v) is 11.3. The lowest BCUT2D eigenvalue weighted by Crippen LogP contribution is -2.14. The Balaban J connectivity index is 2.31. The minimum Gasteiger partial charge on any atom is -0.261 e. The summed E-state index contributed by atoms with van der Waals surface area (Å²) in [5.41, 5.74) is -0.207. The number of hydrogen-bond acceptors (Lipinski definition) is 6. The Morgan fingerprint density at radius 3 is 2.30 bits per heavy atom. The van der Waals surface area contributed by atoms with Crippen molar-refractivity contribution in [3.63, 3.8) is 0 Å². The minimum absolute atomic E-state index is 0.0991. The van der Waals surface area contributed by atoms with Gasteiger partial charge in [-0.3, -0.25) is 14.8 Å². The van der Waals surface area contributed by atoms with Crippen molar-refractivity contribution in [2.24, 2.45) is 0 Å². The summed E-state index contributed by atoms with van der Waals surface area (Å²) in [6.07, 6.45) is 2.59. The first kappa shape index (κ1) is 14.2. The summed E-state index contributed by atoms with van der Waals surface area (Å²) in [7, 11) is -3.94. The van der Waals surface area contributed by atoms with Gasteiger partial charge in [-0.25, -0.2) is 18.4 Å². The molecule has 0 aliphatic carbocycles. The molecule has 0 radical (unpaired) electrons. The highest BCUT2D eigenvalue weighted by Gasteiger charge is 2.18. The van der Waals surface area contributed by atoms with Gasteiger partial charge in [0, 0.05) is 24.5 Å². The minimum atomic E-state index is -3.94. The Morgan fingerprint density at radius 1 is 1.15 bits per heavy atom. The molecule has 0 unspecified atom stereocenters. The highest BCUT2D eigenvalue weighted by molar-refractivity contribution is 7.92. The molecule has 1 aromatic heterocycles. The third kappa shape index (κ3) is 3.00. The van der Waals surface area contributed by atoms with E-state index in [1.54, 1.807) is 0 Å². The highest BCUT2D eigenvalue weighted by Crippen LogP contribution is 2.21. The van der Waals surface area contributed by atoms with Crippen LogP contribution in [0.3, 0.4) is 0 Å². The molecule has 0 fully saturated rings. The van der Waals surface area contributed by atoms with Crippen LogP contribution >= 0.6 is 11.6 Å². The van der Waals surface area contributed by atoms with E-state index in [2.05, 4.69) is 14.7 Å². The molecule has 10 heteroatoms. The number of benzene rings is 1. The van der Waals surface area contributed by atoms with Crippen molar-refractivity contribution in [1.29, 1.82) is 0 Å². The van der Waals surface area contributed by atoms with Crippen molar-refractivity contribution in [1.82, 2.24) is 9.97 Å². The van der Waals surface area contributed by atoms with Gasteiger partial charge in [-0.15, -0.1) is 0 Å². The second kappa shape index (κ2) is 5.39. The third-order valence-corrected chi connectivity index (χ3v) is 3.87. The second-order valence-corrected chi connectivity index (χ2v) is 5.59. The van der Waals surface area contributed by atoms with Crippen LogP contribution in [0.2, 0.25) is 5.15 Å². The van der Waals surface area contributed by atoms with Gasteiger partial charge in [0.1, 0.15) is 0 Å². The molecule has 0 saturated carbocycles. The highest BCUT2D eigenvalue weighted by atomic mass is 35.5. The number of hydrogen-bond donors (Lipinski definition) is 1. The number of halogens is 1. The van der Waals surface area contributed by atoms with E-state index in [9.17, 15) is 18.5 Å². The van der Waals surface area contributed by atoms with E-state index in [1.807, 2.05) is 0 Å². The zero-order chi connectivity index (χ0) is 14.8. The van der Waals surface area contributed by atoms with Crippen LogP contribution in [0.4, 0.5) is 11.5 Å². The summed E-state index contributed by atoms with van der Waals surface area (Å²) in [5, 5.41) is 10.4. The summed E-state index contributed by atoms with van der Waals surface area (Å²) in [4.78, 5) is 17.2. The van der Waals surface area contributed by atoms with Gasteiger partial charge in [0.05, 0.1) is 9.82 Å². The molecular weight excluding hydrogens is 308 g/mol. The summed E-state index contributed by atoms with van der Waals surface area (Å²) in [5.74, 6) is -0.118. The van der Waals surface area contributed by atoms with Crippen LogP contribution in [-0.2, 0) is 10.0 Å². The molecule has 1 N–H and O–H groups in total. The Labute approximate surface area is 118 Å². The van der Waals surface area contributed by atoms with Gasteiger partial charge in [-0.05, 0) is 12.1 Å². The van der Waals surface area contributed by atoms with Gasteiger partial charge in [0.25, 0.3) is 15.7 Å². The number of nitro groups is 1. The first-order valence-corrected chi connectivity index (χ1v) is 7.00. The van der Waals surface area contributed by atoms with Crippen LogP contribution in [-0.4, -0.2) is 23.3 Å². The number of nitrogens with one attached hydrogen (secondary N) is 1. The van der Waals surface area contributed by atoms with Gasteiger partial charge >= 0.3 is 0 Å². The monoisotopic (exact) mass is 314 g/mol. The zero-order valence-electron chi connectivity index (χ0n) is 9.72. The molecule has 0 aliphatic heterocycles. The third-order valence-electron chi connectivity index (χ3n) is 2.24. The Hall–Kier alpha value is -2.26. The molecule has 2 aromatic rings. The second-order valence-electron chi connectivity index (χ2n) is 3.55. The maximum absolute atomic E-state index is 12.0. The van der Waals surface area contributed by atoms with Crippen molar-refractivity contribution in [3.05, 3.63) is 51.9 Å². The molecule has 0 bridgehead atoms. The standard InChI is InChI=1S/C10H7ClN4O4S/c11-9-10(13-6-5-12-9)14-20(18,19)8-3-1-7(2-4-8)15(16)17/h1-6H,(H,13,14). The van der Waals surface area contributed by atoms with Crippen molar-refractivity contribution in [2.75, 3.05) is 4.72 Å². The van der Waals surface area contributed by atoms with Crippen LogP contribution in [0.15, 0.2) is 41.6 Å². The van der Waals surface area contributed by atoms with Crippen molar-refractivity contribution in [3.8, 4) is 0 Å². The lowest BCUT2D eigenvalue weighted by molar-refractivity contribution is -0.384. The van der Waals surface area contributed by atoms with Gasteiger partial charge in [0.2, 0.25) is 0 Å². The van der Waals surface area contributed by atoms with Gasteiger partial charge < -0.3 is 0 Å². The van der Waals surface area contributed by atoms with E-state index >= 15 is 0 Å². The molecule has 0 aliphatic rings. The summed E-state index contributed by atoms with van der Waals surface area (Å²) in [6, 6.07) is 4.41. The molecule has 2 rings (SSSR count). The number of nitro benzene ring substituents is 1. The average Bonchev–Trinajstić information content (AvgIpc) is 2.41. The average molecular weight is 315 g/mol. The normalized spacial score (nSPS) is 11.1. The summed E-state index contributed by atoms with van der Waals surface area (Å²) in [6.45, 7) is 0. The van der Waals surface area contributed by atoms with E-state index in [-0.39, 0.29) is 21.6 Å². The number of nitrogens with zero attached hydrogens (tertiary/aromatic N) is 3. The lowest BCUT2D eigenvalue weighted by atomic mass is 10.3.